The number of nitrogens with zero attached hydrogens (tertiary/aromatic N) is 1. The van der Waals surface area contributed by atoms with Crippen LogP contribution in [0.1, 0.15) is 12.5 Å². The van der Waals surface area contributed by atoms with Crippen LogP contribution in [0.2, 0.25) is 5.02 Å². The van der Waals surface area contributed by atoms with E-state index in [-0.39, 0.29) is 0 Å². The van der Waals surface area contributed by atoms with Gasteiger partial charge in [-0.05, 0) is 47.2 Å². The highest BCUT2D eigenvalue weighted by molar-refractivity contribution is 9.10. The van der Waals surface area contributed by atoms with Gasteiger partial charge in [-0.3, -0.25) is 0 Å². The van der Waals surface area contributed by atoms with Crippen LogP contribution >= 0.6 is 27.5 Å². The zero-order chi connectivity index (χ0) is 12.0. The van der Waals surface area contributed by atoms with Gasteiger partial charge in [0.25, 0.3) is 0 Å². The van der Waals surface area contributed by atoms with Crippen molar-refractivity contribution in [2.24, 2.45) is 0 Å². The number of rotatable bonds is 6. The van der Waals surface area contributed by atoms with Crippen molar-refractivity contribution in [1.29, 1.82) is 0 Å². The standard InChI is InChI=1S/C12H18BrClN2/c1-3-16(2)7-6-15-9-10-4-5-11(13)12(14)8-10/h4-5,8,15H,3,6-7,9H2,1-2H3. The Hall–Kier alpha value is -0.0900. The maximum atomic E-state index is 6.02. The van der Waals surface area contributed by atoms with Crippen LogP contribution in [0.4, 0.5) is 0 Å². The van der Waals surface area contributed by atoms with Gasteiger partial charge in [-0.2, -0.15) is 0 Å². The van der Waals surface area contributed by atoms with Gasteiger partial charge in [0, 0.05) is 24.1 Å². The average Bonchev–Trinajstić information content (AvgIpc) is 2.28. The molecule has 0 amide bonds. The van der Waals surface area contributed by atoms with Gasteiger partial charge in [0.15, 0.2) is 0 Å². The molecule has 90 valence electrons. The molecule has 0 aliphatic heterocycles. The second kappa shape index (κ2) is 7.28. The van der Waals surface area contributed by atoms with E-state index in [1.165, 1.54) is 5.56 Å². The predicted octanol–water partition coefficient (Wildman–Crippen LogP) is 3.14. The number of hydrogen-bond acceptors (Lipinski definition) is 2. The molecule has 0 aromatic heterocycles. The lowest BCUT2D eigenvalue weighted by molar-refractivity contribution is 0.349. The first-order valence-electron chi connectivity index (χ1n) is 5.46. The van der Waals surface area contributed by atoms with Gasteiger partial charge in [-0.1, -0.05) is 24.6 Å². The first-order valence-corrected chi connectivity index (χ1v) is 6.63. The van der Waals surface area contributed by atoms with Crippen LogP contribution in [-0.4, -0.2) is 31.6 Å². The fourth-order valence-corrected chi connectivity index (χ4v) is 1.76. The molecule has 4 heteroatoms. The third-order valence-electron chi connectivity index (χ3n) is 2.52. The van der Waals surface area contributed by atoms with Crippen LogP contribution in [0, 0.1) is 0 Å². The summed E-state index contributed by atoms with van der Waals surface area (Å²) in [6, 6.07) is 6.05. The van der Waals surface area contributed by atoms with E-state index in [1.54, 1.807) is 0 Å². The Morgan fingerprint density at radius 1 is 1.44 bits per heavy atom. The molecule has 2 nitrogen and oxygen atoms in total. The summed E-state index contributed by atoms with van der Waals surface area (Å²) in [5, 5.41) is 4.17. The lowest BCUT2D eigenvalue weighted by Gasteiger charge is -2.14. The normalized spacial score (nSPS) is 11.1. The highest BCUT2D eigenvalue weighted by atomic mass is 79.9. The number of likely N-dealkylation sites (N-methyl/N-ethyl adjacent to an activating group) is 1. The maximum Gasteiger partial charge on any atom is 0.0551 e. The van der Waals surface area contributed by atoms with Gasteiger partial charge in [0.05, 0.1) is 5.02 Å². The first kappa shape index (κ1) is 14.0. The van der Waals surface area contributed by atoms with E-state index in [2.05, 4.69) is 46.2 Å². The summed E-state index contributed by atoms with van der Waals surface area (Å²) in [6.45, 7) is 6.18. The van der Waals surface area contributed by atoms with Crippen LogP contribution in [-0.2, 0) is 6.54 Å². The van der Waals surface area contributed by atoms with E-state index >= 15 is 0 Å². The van der Waals surface area contributed by atoms with Crippen molar-refractivity contribution in [3.63, 3.8) is 0 Å². The lowest BCUT2D eigenvalue weighted by Crippen LogP contribution is -2.28. The molecule has 0 saturated carbocycles. The molecule has 0 heterocycles. The molecule has 1 rings (SSSR count). The van der Waals surface area contributed by atoms with Gasteiger partial charge < -0.3 is 10.2 Å². The van der Waals surface area contributed by atoms with Crippen molar-refractivity contribution in [2.45, 2.75) is 13.5 Å². The van der Waals surface area contributed by atoms with E-state index in [9.17, 15) is 0 Å². The van der Waals surface area contributed by atoms with Crippen molar-refractivity contribution in [2.75, 3.05) is 26.7 Å². The zero-order valence-corrected chi connectivity index (χ0v) is 12.1. The van der Waals surface area contributed by atoms with Crippen LogP contribution in [0.5, 0.6) is 0 Å². The summed E-state index contributed by atoms with van der Waals surface area (Å²) >= 11 is 9.40. The molecular weight excluding hydrogens is 288 g/mol. The van der Waals surface area contributed by atoms with Crippen molar-refractivity contribution < 1.29 is 0 Å². The van der Waals surface area contributed by atoms with Crippen LogP contribution < -0.4 is 5.32 Å². The Bertz CT molecular complexity index is 331. The summed E-state index contributed by atoms with van der Waals surface area (Å²) in [7, 11) is 2.12. The second-order valence-electron chi connectivity index (χ2n) is 3.82. The molecule has 0 radical (unpaired) electrons. The summed E-state index contributed by atoms with van der Waals surface area (Å²) in [4.78, 5) is 2.28. The quantitative estimate of drug-likeness (QED) is 0.812. The van der Waals surface area contributed by atoms with E-state index < -0.39 is 0 Å². The van der Waals surface area contributed by atoms with Crippen molar-refractivity contribution in [1.82, 2.24) is 10.2 Å². The molecule has 0 fully saturated rings. The highest BCUT2D eigenvalue weighted by Crippen LogP contribution is 2.22. The van der Waals surface area contributed by atoms with Gasteiger partial charge in [-0.15, -0.1) is 0 Å². The minimum atomic E-state index is 0.768. The largest absolute Gasteiger partial charge is 0.311 e. The van der Waals surface area contributed by atoms with E-state index in [1.807, 2.05) is 12.1 Å². The van der Waals surface area contributed by atoms with Crippen molar-refractivity contribution in [3.05, 3.63) is 33.3 Å². The Balaban J connectivity index is 2.29. The molecule has 0 atom stereocenters. The minimum Gasteiger partial charge on any atom is -0.311 e. The lowest BCUT2D eigenvalue weighted by atomic mass is 10.2. The van der Waals surface area contributed by atoms with Crippen molar-refractivity contribution >= 4 is 27.5 Å². The summed E-state index contributed by atoms with van der Waals surface area (Å²) in [6.07, 6.45) is 0. The van der Waals surface area contributed by atoms with Gasteiger partial charge in [0.2, 0.25) is 0 Å². The molecular formula is C12H18BrClN2. The highest BCUT2D eigenvalue weighted by Gasteiger charge is 1.99. The first-order chi connectivity index (χ1) is 7.63. The Morgan fingerprint density at radius 3 is 2.81 bits per heavy atom. The van der Waals surface area contributed by atoms with Crippen molar-refractivity contribution in [3.8, 4) is 0 Å². The number of halogens is 2. The molecule has 0 bridgehead atoms. The smallest absolute Gasteiger partial charge is 0.0551 e. The van der Waals surface area contributed by atoms with Gasteiger partial charge in [0.1, 0.15) is 0 Å². The van der Waals surface area contributed by atoms with Crippen LogP contribution in [0.3, 0.4) is 0 Å². The molecule has 0 aliphatic carbocycles. The predicted molar refractivity (Wildman–Crippen MR) is 74.0 cm³/mol. The molecule has 1 N–H and O–H groups in total. The molecule has 1 aromatic rings. The Labute approximate surface area is 111 Å². The molecule has 0 aliphatic rings. The zero-order valence-electron chi connectivity index (χ0n) is 9.76. The summed E-state index contributed by atoms with van der Waals surface area (Å²) in [5.41, 5.74) is 1.22. The third-order valence-corrected chi connectivity index (χ3v) is 3.76. The number of hydrogen-bond donors (Lipinski definition) is 1. The second-order valence-corrected chi connectivity index (χ2v) is 5.08. The Kier molecular flexibility index (Phi) is 6.36. The topological polar surface area (TPSA) is 15.3 Å². The summed E-state index contributed by atoms with van der Waals surface area (Å²) in [5.74, 6) is 0. The van der Waals surface area contributed by atoms with E-state index in [4.69, 9.17) is 11.6 Å². The molecule has 0 spiro atoms. The third kappa shape index (κ3) is 4.83. The Morgan fingerprint density at radius 2 is 2.19 bits per heavy atom. The number of nitrogens with one attached hydrogen (secondary N) is 1. The van der Waals surface area contributed by atoms with Gasteiger partial charge in [-0.25, -0.2) is 0 Å². The van der Waals surface area contributed by atoms with Crippen LogP contribution in [0.25, 0.3) is 0 Å². The molecule has 1 aromatic carbocycles. The minimum absolute atomic E-state index is 0.768. The van der Waals surface area contributed by atoms with Crippen LogP contribution in [0.15, 0.2) is 22.7 Å². The summed E-state index contributed by atoms with van der Waals surface area (Å²) < 4.78 is 0.948. The number of benzene rings is 1. The maximum absolute atomic E-state index is 6.02. The molecule has 0 unspecified atom stereocenters. The molecule has 0 saturated heterocycles. The molecule has 16 heavy (non-hydrogen) atoms. The van der Waals surface area contributed by atoms with Gasteiger partial charge >= 0.3 is 0 Å². The monoisotopic (exact) mass is 304 g/mol. The average molecular weight is 306 g/mol. The SMILES string of the molecule is CCN(C)CCNCc1ccc(Br)c(Cl)c1. The van der Waals surface area contributed by atoms with E-state index in [0.717, 1.165) is 35.7 Å². The van der Waals surface area contributed by atoms with E-state index in [0.29, 0.717) is 0 Å². The fraction of sp³-hybridized carbons (Fsp3) is 0.500. The fourth-order valence-electron chi connectivity index (χ4n) is 1.31.